The number of methoxy groups -OCH3 is 1. The van der Waals surface area contributed by atoms with E-state index in [1.54, 1.807) is 31.4 Å². The third-order valence-corrected chi connectivity index (χ3v) is 10.5. The SMILES string of the molecule is C=CC(=O)NCC(=O)N1CC(Oc2cc(-c3ccccc3)nc3cc(OC)ccc23)C[C@H]1C(=O)N[C@]1(C(=O)NS(=O)(=O)c2ccccc2)C[C@H]1C=C. The number of nitrogens with one attached hydrogen (secondary N) is 3. The van der Waals surface area contributed by atoms with Crippen LogP contribution in [-0.2, 0) is 29.2 Å². The van der Waals surface area contributed by atoms with E-state index in [0.29, 0.717) is 28.1 Å². The van der Waals surface area contributed by atoms with E-state index in [1.807, 2.05) is 36.4 Å². The number of sulfonamides is 1. The molecular weight excluding hydrogens is 687 g/mol. The lowest BCUT2D eigenvalue weighted by atomic mass is 10.1. The van der Waals surface area contributed by atoms with E-state index in [-0.39, 0.29) is 24.3 Å². The molecule has 2 fully saturated rings. The van der Waals surface area contributed by atoms with Crippen LogP contribution in [0.25, 0.3) is 22.2 Å². The highest BCUT2D eigenvalue weighted by molar-refractivity contribution is 7.90. The van der Waals surface area contributed by atoms with Gasteiger partial charge in [0.2, 0.25) is 17.7 Å². The van der Waals surface area contributed by atoms with Gasteiger partial charge in [-0.15, -0.1) is 6.58 Å². The molecule has 1 aliphatic carbocycles. The van der Waals surface area contributed by atoms with Crippen LogP contribution in [0.15, 0.2) is 115 Å². The van der Waals surface area contributed by atoms with E-state index in [0.717, 1.165) is 11.6 Å². The number of carbonyl (C=O) groups excluding carboxylic acids is 4. The predicted molar refractivity (Wildman–Crippen MR) is 192 cm³/mol. The number of hydrogen-bond acceptors (Lipinski definition) is 9. The van der Waals surface area contributed by atoms with Gasteiger partial charge in [-0.2, -0.15) is 0 Å². The minimum Gasteiger partial charge on any atom is -0.497 e. The normalized spacial score (nSPS) is 20.7. The summed E-state index contributed by atoms with van der Waals surface area (Å²) in [6, 6.07) is 22.9. The molecule has 6 rings (SSSR count). The highest BCUT2D eigenvalue weighted by Crippen LogP contribution is 2.45. The third-order valence-electron chi connectivity index (χ3n) is 9.16. The summed E-state index contributed by atoms with van der Waals surface area (Å²) in [5.41, 5.74) is 0.461. The molecule has 52 heavy (non-hydrogen) atoms. The van der Waals surface area contributed by atoms with Gasteiger partial charge in [-0.3, -0.25) is 19.2 Å². The first kappa shape index (κ1) is 35.8. The van der Waals surface area contributed by atoms with E-state index < -0.39 is 63.8 Å². The molecular formula is C38H37N5O8S. The first-order chi connectivity index (χ1) is 25.0. The minimum absolute atomic E-state index is 0.0202. The summed E-state index contributed by atoms with van der Waals surface area (Å²) in [6.07, 6.45) is 1.91. The largest absolute Gasteiger partial charge is 0.497 e. The van der Waals surface area contributed by atoms with Crippen LogP contribution in [0.3, 0.4) is 0 Å². The summed E-state index contributed by atoms with van der Waals surface area (Å²) >= 11 is 0. The summed E-state index contributed by atoms with van der Waals surface area (Å²) in [7, 11) is -2.70. The molecule has 0 bridgehead atoms. The van der Waals surface area contributed by atoms with E-state index in [4.69, 9.17) is 14.5 Å². The van der Waals surface area contributed by atoms with Crippen molar-refractivity contribution in [3.63, 3.8) is 0 Å². The topological polar surface area (TPSA) is 173 Å². The van der Waals surface area contributed by atoms with Crippen LogP contribution in [0.4, 0.5) is 0 Å². The summed E-state index contributed by atoms with van der Waals surface area (Å²) in [4.78, 5) is 59.1. The Labute approximate surface area is 300 Å². The second-order valence-corrected chi connectivity index (χ2v) is 14.2. The molecule has 1 aromatic heterocycles. The second-order valence-electron chi connectivity index (χ2n) is 12.5. The van der Waals surface area contributed by atoms with Gasteiger partial charge >= 0.3 is 0 Å². The number of pyridine rings is 1. The minimum atomic E-state index is -4.25. The van der Waals surface area contributed by atoms with E-state index in [2.05, 4.69) is 28.5 Å². The molecule has 2 aliphatic rings. The van der Waals surface area contributed by atoms with Gasteiger partial charge in [-0.05, 0) is 36.8 Å². The zero-order valence-corrected chi connectivity index (χ0v) is 29.1. The van der Waals surface area contributed by atoms with Crippen molar-refractivity contribution in [3.8, 4) is 22.8 Å². The van der Waals surface area contributed by atoms with E-state index in [1.165, 1.54) is 35.2 Å². The lowest BCUT2D eigenvalue weighted by Gasteiger charge is -2.26. The number of carbonyl (C=O) groups is 4. The van der Waals surface area contributed by atoms with Gasteiger partial charge in [-0.1, -0.05) is 61.2 Å². The molecule has 4 aromatic rings. The molecule has 268 valence electrons. The Hall–Kier alpha value is -6.02. The van der Waals surface area contributed by atoms with Gasteiger partial charge in [0.25, 0.3) is 15.9 Å². The zero-order chi connectivity index (χ0) is 37.0. The number of benzene rings is 3. The van der Waals surface area contributed by atoms with Crippen molar-refractivity contribution in [2.45, 2.75) is 35.4 Å². The molecule has 0 spiro atoms. The molecule has 1 aliphatic heterocycles. The van der Waals surface area contributed by atoms with Crippen molar-refractivity contribution in [2.75, 3.05) is 20.2 Å². The summed E-state index contributed by atoms with van der Waals surface area (Å²) in [6.45, 7) is 6.70. The number of rotatable bonds is 13. The van der Waals surface area contributed by atoms with Crippen molar-refractivity contribution < 1.29 is 37.1 Å². The Balaban J connectivity index is 1.28. The average Bonchev–Trinajstić information content (AvgIpc) is 3.72. The van der Waals surface area contributed by atoms with Gasteiger partial charge in [0.1, 0.15) is 29.2 Å². The summed E-state index contributed by atoms with van der Waals surface area (Å²) in [5.74, 6) is -2.28. The third kappa shape index (κ3) is 7.37. The van der Waals surface area contributed by atoms with E-state index >= 15 is 0 Å². The van der Waals surface area contributed by atoms with Crippen molar-refractivity contribution in [3.05, 3.63) is 110 Å². The molecule has 1 saturated heterocycles. The van der Waals surface area contributed by atoms with Crippen LogP contribution in [0, 0.1) is 5.92 Å². The lowest BCUT2D eigenvalue weighted by molar-refractivity contribution is -0.139. The molecule has 4 amide bonds. The number of hydrogen-bond donors (Lipinski definition) is 3. The van der Waals surface area contributed by atoms with Gasteiger partial charge in [-0.25, -0.2) is 18.1 Å². The number of ether oxygens (including phenoxy) is 2. The molecule has 3 aromatic carbocycles. The fourth-order valence-corrected chi connectivity index (χ4v) is 7.35. The summed E-state index contributed by atoms with van der Waals surface area (Å²) in [5, 5.41) is 5.86. The van der Waals surface area contributed by atoms with E-state index in [9.17, 15) is 27.6 Å². The Kier molecular flexibility index (Phi) is 10.1. The Morgan fingerprint density at radius 1 is 1.00 bits per heavy atom. The Bertz CT molecular complexity index is 2160. The number of likely N-dealkylation sites (tertiary alicyclic amines) is 1. The quantitative estimate of drug-likeness (QED) is 0.138. The smallest absolute Gasteiger partial charge is 0.264 e. The molecule has 4 atom stereocenters. The van der Waals surface area contributed by atoms with Crippen LogP contribution in [0.5, 0.6) is 11.5 Å². The number of fused-ring (bicyclic) bond motifs is 1. The first-order valence-corrected chi connectivity index (χ1v) is 17.9. The molecule has 1 unspecified atom stereocenters. The van der Waals surface area contributed by atoms with Crippen molar-refractivity contribution in [1.29, 1.82) is 0 Å². The van der Waals surface area contributed by atoms with Crippen LogP contribution >= 0.6 is 0 Å². The van der Waals surface area contributed by atoms with Crippen LogP contribution in [-0.4, -0.2) is 79.8 Å². The molecule has 0 radical (unpaired) electrons. The standard InChI is InChI=1S/C38H37N5O8S/c1-4-25-21-38(25,37(47)42-52(48,49)28-14-10-7-11-15-28)41-36(46)32-19-27(23-43(32)35(45)22-39-34(44)5-2)51-33-20-30(24-12-8-6-9-13-24)40-31-18-26(50-3)16-17-29(31)33/h4-18,20,25,27,32H,1-2,19,21-23H2,3H3,(H,39,44)(H,41,46)(H,42,47)/t25-,27?,32+,38-/m1/s1. The van der Waals surface area contributed by atoms with Crippen molar-refractivity contribution in [1.82, 2.24) is 25.2 Å². The first-order valence-electron chi connectivity index (χ1n) is 16.5. The van der Waals surface area contributed by atoms with Gasteiger partial charge in [0.05, 0.1) is 36.3 Å². The van der Waals surface area contributed by atoms with Gasteiger partial charge in [0.15, 0.2) is 0 Å². The summed E-state index contributed by atoms with van der Waals surface area (Å²) < 4.78 is 40.1. The van der Waals surface area contributed by atoms with Crippen LogP contribution in [0.1, 0.15) is 12.8 Å². The maximum Gasteiger partial charge on any atom is 0.264 e. The maximum absolute atomic E-state index is 14.1. The maximum atomic E-state index is 14.1. The number of aromatic nitrogens is 1. The monoisotopic (exact) mass is 723 g/mol. The highest BCUT2D eigenvalue weighted by Gasteiger charge is 2.61. The van der Waals surface area contributed by atoms with Crippen LogP contribution < -0.4 is 24.8 Å². The zero-order valence-electron chi connectivity index (χ0n) is 28.3. The number of amides is 4. The fourth-order valence-electron chi connectivity index (χ4n) is 6.29. The van der Waals surface area contributed by atoms with Gasteiger partial charge < -0.3 is 25.0 Å². The number of nitrogens with zero attached hydrogens (tertiary/aromatic N) is 2. The highest BCUT2D eigenvalue weighted by atomic mass is 32.2. The molecule has 2 heterocycles. The van der Waals surface area contributed by atoms with Crippen molar-refractivity contribution >= 4 is 44.6 Å². The van der Waals surface area contributed by atoms with Crippen LogP contribution in [0.2, 0.25) is 0 Å². The average molecular weight is 724 g/mol. The predicted octanol–water partition coefficient (Wildman–Crippen LogP) is 3.13. The van der Waals surface area contributed by atoms with Gasteiger partial charge in [0, 0.05) is 35.4 Å². The fraction of sp³-hybridized carbons (Fsp3) is 0.237. The molecule has 13 nitrogen and oxygen atoms in total. The lowest BCUT2D eigenvalue weighted by Crippen LogP contribution is -2.56. The Morgan fingerprint density at radius 3 is 2.37 bits per heavy atom. The molecule has 3 N–H and O–H groups in total. The Morgan fingerprint density at radius 2 is 1.71 bits per heavy atom. The second kappa shape index (κ2) is 14.7. The van der Waals surface area contributed by atoms with Crippen molar-refractivity contribution in [2.24, 2.45) is 5.92 Å². The molecule has 14 heteroatoms. The molecule has 1 saturated carbocycles.